The van der Waals surface area contributed by atoms with Gasteiger partial charge in [-0.3, -0.25) is 14.2 Å². The van der Waals surface area contributed by atoms with E-state index < -0.39 is 6.04 Å². The SMILES string of the molecule is CC(C)[C@@H]1NC(=O)[C@@H](Cc2c[nH]c3ccccc23)n2c1nc1ccc(Cl)cc1c2=O. The van der Waals surface area contributed by atoms with Crippen LogP contribution in [0.4, 0.5) is 0 Å². The molecule has 30 heavy (non-hydrogen) atoms. The molecule has 5 rings (SSSR count). The summed E-state index contributed by atoms with van der Waals surface area (Å²) >= 11 is 6.14. The van der Waals surface area contributed by atoms with Crippen molar-refractivity contribution in [3.8, 4) is 0 Å². The molecule has 2 aromatic heterocycles. The Morgan fingerprint density at radius 3 is 2.73 bits per heavy atom. The molecular weight excluding hydrogens is 400 g/mol. The lowest BCUT2D eigenvalue weighted by Gasteiger charge is -2.34. The molecule has 0 aliphatic carbocycles. The Labute approximate surface area is 177 Å². The summed E-state index contributed by atoms with van der Waals surface area (Å²) in [6.45, 7) is 4.01. The van der Waals surface area contributed by atoms with Gasteiger partial charge in [0, 0.05) is 28.5 Å². The summed E-state index contributed by atoms with van der Waals surface area (Å²) < 4.78 is 1.57. The van der Waals surface area contributed by atoms with Gasteiger partial charge in [-0.05, 0) is 35.7 Å². The first-order valence-electron chi connectivity index (χ1n) is 10.0. The Morgan fingerprint density at radius 2 is 1.93 bits per heavy atom. The summed E-state index contributed by atoms with van der Waals surface area (Å²) in [6, 6.07) is 12.0. The molecule has 0 saturated heterocycles. The van der Waals surface area contributed by atoms with Crippen LogP contribution in [0.25, 0.3) is 21.8 Å². The molecule has 2 atom stereocenters. The quantitative estimate of drug-likeness (QED) is 0.522. The Kier molecular flexibility index (Phi) is 4.40. The monoisotopic (exact) mass is 420 g/mol. The van der Waals surface area contributed by atoms with Gasteiger partial charge in [0.05, 0.1) is 16.9 Å². The minimum atomic E-state index is -0.683. The zero-order valence-electron chi connectivity index (χ0n) is 16.6. The maximum absolute atomic E-state index is 13.5. The fraction of sp³-hybridized carbons (Fsp3) is 0.261. The molecule has 6 nitrogen and oxygen atoms in total. The molecule has 1 amide bonds. The molecule has 1 aliphatic rings. The molecule has 0 fully saturated rings. The highest BCUT2D eigenvalue weighted by molar-refractivity contribution is 6.31. The first-order valence-corrected chi connectivity index (χ1v) is 10.4. The van der Waals surface area contributed by atoms with Crippen LogP contribution in [0.5, 0.6) is 0 Å². The van der Waals surface area contributed by atoms with Gasteiger partial charge >= 0.3 is 0 Å². The molecule has 1 aliphatic heterocycles. The number of aromatic amines is 1. The van der Waals surface area contributed by atoms with E-state index in [1.165, 1.54) is 0 Å². The number of halogens is 1. The number of rotatable bonds is 3. The van der Waals surface area contributed by atoms with Gasteiger partial charge in [0.1, 0.15) is 11.9 Å². The number of nitrogens with zero attached hydrogens (tertiary/aromatic N) is 2. The Balaban J connectivity index is 1.72. The third kappa shape index (κ3) is 2.91. The van der Waals surface area contributed by atoms with Crippen LogP contribution < -0.4 is 10.9 Å². The van der Waals surface area contributed by atoms with Crippen LogP contribution >= 0.6 is 11.6 Å². The minimum absolute atomic E-state index is 0.0888. The molecule has 7 heteroatoms. The number of aromatic nitrogens is 3. The zero-order valence-corrected chi connectivity index (χ0v) is 17.4. The predicted molar refractivity (Wildman–Crippen MR) is 118 cm³/mol. The number of carbonyl (C=O) groups is 1. The highest BCUT2D eigenvalue weighted by atomic mass is 35.5. The lowest BCUT2D eigenvalue weighted by Crippen LogP contribution is -2.49. The molecule has 3 heterocycles. The Hall–Kier alpha value is -3.12. The molecule has 0 saturated carbocycles. The van der Waals surface area contributed by atoms with Gasteiger partial charge in [0.25, 0.3) is 5.56 Å². The molecule has 2 N–H and O–H groups in total. The highest BCUT2D eigenvalue weighted by Gasteiger charge is 2.37. The van der Waals surface area contributed by atoms with Crippen LogP contribution in [-0.2, 0) is 11.2 Å². The van der Waals surface area contributed by atoms with Crippen molar-refractivity contribution in [3.05, 3.63) is 75.4 Å². The normalized spacial score (nSPS) is 18.7. The van der Waals surface area contributed by atoms with Crippen molar-refractivity contribution >= 4 is 39.3 Å². The van der Waals surface area contributed by atoms with Gasteiger partial charge in [-0.25, -0.2) is 4.98 Å². The molecule has 0 spiro atoms. The van der Waals surface area contributed by atoms with Crippen molar-refractivity contribution in [2.45, 2.75) is 32.4 Å². The van der Waals surface area contributed by atoms with Gasteiger partial charge in [-0.1, -0.05) is 43.6 Å². The van der Waals surface area contributed by atoms with Crippen molar-refractivity contribution in [1.29, 1.82) is 0 Å². The minimum Gasteiger partial charge on any atom is -0.361 e. The molecule has 0 radical (unpaired) electrons. The Bertz CT molecular complexity index is 1350. The molecule has 152 valence electrons. The second-order valence-electron chi connectivity index (χ2n) is 8.12. The van der Waals surface area contributed by atoms with Crippen molar-refractivity contribution in [1.82, 2.24) is 19.9 Å². The molecule has 0 bridgehead atoms. The number of carbonyl (C=O) groups excluding carboxylic acids is 1. The smallest absolute Gasteiger partial charge is 0.262 e. The number of nitrogens with one attached hydrogen (secondary N) is 2. The van der Waals surface area contributed by atoms with Crippen LogP contribution in [-0.4, -0.2) is 20.4 Å². The van der Waals surface area contributed by atoms with Crippen molar-refractivity contribution in [2.24, 2.45) is 5.92 Å². The van der Waals surface area contributed by atoms with E-state index in [2.05, 4.69) is 10.3 Å². The Morgan fingerprint density at radius 1 is 1.13 bits per heavy atom. The van der Waals surface area contributed by atoms with Crippen molar-refractivity contribution in [2.75, 3.05) is 0 Å². The van der Waals surface area contributed by atoms with Gasteiger partial charge in [-0.2, -0.15) is 0 Å². The second kappa shape index (κ2) is 6.99. The van der Waals surface area contributed by atoms with Crippen LogP contribution in [0.3, 0.4) is 0 Å². The summed E-state index contributed by atoms with van der Waals surface area (Å²) in [7, 11) is 0. The van der Waals surface area contributed by atoms with Gasteiger partial charge in [-0.15, -0.1) is 0 Å². The average Bonchev–Trinajstić information content (AvgIpc) is 3.13. The number of hydrogen-bond donors (Lipinski definition) is 2. The number of hydrogen-bond acceptors (Lipinski definition) is 3. The van der Waals surface area contributed by atoms with Crippen LogP contribution in [0.15, 0.2) is 53.5 Å². The first-order chi connectivity index (χ1) is 14.4. The number of H-pyrrole nitrogens is 1. The fourth-order valence-corrected chi connectivity index (χ4v) is 4.47. The largest absolute Gasteiger partial charge is 0.361 e. The summed E-state index contributed by atoms with van der Waals surface area (Å²) in [4.78, 5) is 34.7. The van der Waals surface area contributed by atoms with E-state index >= 15 is 0 Å². The third-order valence-corrected chi connectivity index (χ3v) is 6.07. The number of amides is 1. The maximum Gasteiger partial charge on any atom is 0.262 e. The van der Waals surface area contributed by atoms with E-state index in [1.54, 1.807) is 22.8 Å². The van der Waals surface area contributed by atoms with E-state index in [0.717, 1.165) is 16.5 Å². The van der Waals surface area contributed by atoms with E-state index in [1.807, 2.05) is 44.3 Å². The maximum atomic E-state index is 13.5. The first kappa shape index (κ1) is 18.9. The van der Waals surface area contributed by atoms with E-state index in [0.29, 0.717) is 28.2 Å². The van der Waals surface area contributed by atoms with Gasteiger partial charge in [0.15, 0.2) is 0 Å². The van der Waals surface area contributed by atoms with Crippen LogP contribution in [0.1, 0.15) is 37.3 Å². The standard InChI is InChI=1S/C23H21ClN4O2/c1-12(2)20-21-26-18-8-7-14(24)10-16(18)23(30)28(21)19(22(29)27-20)9-13-11-25-17-6-4-3-5-15(13)17/h3-8,10-12,19-20,25H,9H2,1-2H3,(H,27,29)/t19-,20+/m1/s1. The van der Waals surface area contributed by atoms with Crippen molar-refractivity contribution < 1.29 is 4.79 Å². The van der Waals surface area contributed by atoms with Crippen LogP contribution in [0.2, 0.25) is 5.02 Å². The number of para-hydroxylation sites is 1. The predicted octanol–water partition coefficient (Wildman–Crippen LogP) is 4.14. The number of fused-ring (bicyclic) bond motifs is 3. The molecule has 2 aromatic carbocycles. The molecule has 4 aromatic rings. The average molecular weight is 421 g/mol. The lowest BCUT2D eigenvalue weighted by atomic mass is 9.96. The highest BCUT2D eigenvalue weighted by Crippen LogP contribution is 2.31. The number of benzene rings is 2. The summed E-state index contributed by atoms with van der Waals surface area (Å²) in [5, 5.41) is 5.02. The fourth-order valence-electron chi connectivity index (χ4n) is 4.30. The van der Waals surface area contributed by atoms with Gasteiger partial charge < -0.3 is 10.3 Å². The van der Waals surface area contributed by atoms with E-state index in [4.69, 9.17) is 16.6 Å². The molecular formula is C23H21ClN4O2. The van der Waals surface area contributed by atoms with Crippen LogP contribution in [0, 0.1) is 5.92 Å². The van der Waals surface area contributed by atoms with Gasteiger partial charge in [0.2, 0.25) is 5.91 Å². The topological polar surface area (TPSA) is 79.8 Å². The van der Waals surface area contributed by atoms with Crippen molar-refractivity contribution in [3.63, 3.8) is 0 Å². The summed E-state index contributed by atoms with van der Waals surface area (Å²) in [5.41, 5.74) is 2.34. The second-order valence-corrected chi connectivity index (χ2v) is 8.55. The lowest BCUT2D eigenvalue weighted by molar-refractivity contribution is -0.127. The van der Waals surface area contributed by atoms with E-state index in [-0.39, 0.29) is 23.4 Å². The third-order valence-electron chi connectivity index (χ3n) is 5.83. The molecule has 0 unspecified atom stereocenters. The van der Waals surface area contributed by atoms with E-state index in [9.17, 15) is 9.59 Å². The zero-order chi connectivity index (χ0) is 21.0. The summed E-state index contributed by atoms with van der Waals surface area (Å²) in [6.07, 6.45) is 2.30. The summed E-state index contributed by atoms with van der Waals surface area (Å²) in [5.74, 6) is 0.511.